The molecule has 0 fully saturated rings. The van der Waals surface area contributed by atoms with Gasteiger partial charge in [-0.25, -0.2) is 0 Å². The Labute approximate surface area is 93.0 Å². The predicted octanol–water partition coefficient (Wildman–Crippen LogP) is 2.59. The van der Waals surface area contributed by atoms with Crippen LogP contribution in [0.15, 0.2) is 37.0 Å². The first-order chi connectivity index (χ1) is 7.28. The smallest absolute Gasteiger partial charge is 0.121 e. The van der Waals surface area contributed by atoms with Crippen LogP contribution in [0.5, 0.6) is 0 Å². The molecule has 0 N–H and O–H groups in total. The Balaban J connectivity index is 4.22. The van der Waals surface area contributed by atoms with Crippen molar-refractivity contribution in [3.05, 3.63) is 37.0 Å². The zero-order valence-electron chi connectivity index (χ0n) is 9.61. The van der Waals surface area contributed by atoms with Gasteiger partial charge in [-0.05, 0) is 18.5 Å². The van der Waals surface area contributed by atoms with Gasteiger partial charge in [0, 0.05) is 19.5 Å². The lowest BCUT2D eigenvalue weighted by Crippen LogP contribution is -2.27. The first kappa shape index (κ1) is 13.8. The van der Waals surface area contributed by atoms with Gasteiger partial charge in [-0.2, -0.15) is 0 Å². The fraction of sp³-hybridized carbons (Fsp3) is 0.462. The van der Waals surface area contributed by atoms with Crippen LogP contribution in [0, 0.1) is 0 Å². The van der Waals surface area contributed by atoms with Crippen LogP contribution in [-0.2, 0) is 4.79 Å². The lowest BCUT2D eigenvalue weighted by Gasteiger charge is -2.20. The van der Waals surface area contributed by atoms with E-state index in [1.54, 1.807) is 6.08 Å². The molecule has 0 aromatic carbocycles. The summed E-state index contributed by atoms with van der Waals surface area (Å²) < 4.78 is 0. The monoisotopic (exact) mass is 207 g/mol. The molecule has 0 aromatic heterocycles. The Morgan fingerprint density at radius 3 is 2.53 bits per heavy atom. The molecule has 0 aliphatic carbocycles. The van der Waals surface area contributed by atoms with Gasteiger partial charge in [0.15, 0.2) is 0 Å². The average molecular weight is 207 g/mol. The molecule has 0 amide bonds. The van der Waals surface area contributed by atoms with Crippen LogP contribution in [-0.4, -0.2) is 30.8 Å². The first-order valence-electron chi connectivity index (χ1n) is 5.38. The van der Waals surface area contributed by atoms with Gasteiger partial charge in [0.25, 0.3) is 0 Å². The molecule has 2 nitrogen and oxygen atoms in total. The van der Waals surface area contributed by atoms with Crippen molar-refractivity contribution in [1.29, 1.82) is 0 Å². The third-order valence-electron chi connectivity index (χ3n) is 2.10. The van der Waals surface area contributed by atoms with E-state index in [2.05, 4.69) is 25.0 Å². The molecule has 0 aliphatic rings. The van der Waals surface area contributed by atoms with Crippen molar-refractivity contribution in [1.82, 2.24) is 4.90 Å². The van der Waals surface area contributed by atoms with Gasteiger partial charge < -0.3 is 4.79 Å². The second-order valence-electron chi connectivity index (χ2n) is 3.41. The maximum Gasteiger partial charge on any atom is 0.121 e. The van der Waals surface area contributed by atoms with Crippen LogP contribution in [0.1, 0.15) is 19.8 Å². The second kappa shape index (κ2) is 9.41. The SMILES string of the molecule is C=C/C=C(\C=C)CN(CCC)CCC=O. The van der Waals surface area contributed by atoms with Gasteiger partial charge >= 0.3 is 0 Å². The molecule has 0 aliphatic heterocycles. The summed E-state index contributed by atoms with van der Waals surface area (Å²) in [5.41, 5.74) is 1.14. The molecule has 15 heavy (non-hydrogen) atoms. The van der Waals surface area contributed by atoms with Gasteiger partial charge in [0.05, 0.1) is 0 Å². The molecule has 0 rings (SSSR count). The number of nitrogens with zero attached hydrogens (tertiary/aromatic N) is 1. The fourth-order valence-electron chi connectivity index (χ4n) is 1.42. The van der Waals surface area contributed by atoms with Crippen molar-refractivity contribution >= 4 is 6.29 Å². The van der Waals surface area contributed by atoms with Crippen LogP contribution >= 0.6 is 0 Å². The Morgan fingerprint density at radius 2 is 2.07 bits per heavy atom. The Bertz CT molecular complexity index is 231. The molecule has 0 saturated heterocycles. The molecule has 0 bridgehead atoms. The van der Waals surface area contributed by atoms with E-state index >= 15 is 0 Å². The summed E-state index contributed by atoms with van der Waals surface area (Å²) in [5.74, 6) is 0. The Hall–Kier alpha value is -1.15. The lowest BCUT2D eigenvalue weighted by molar-refractivity contribution is -0.108. The van der Waals surface area contributed by atoms with Crippen molar-refractivity contribution in [2.45, 2.75) is 19.8 Å². The van der Waals surface area contributed by atoms with Crippen LogP contribution in [0.2, 0.25) is 0 Å². The molecule has 2 heteroatoms. The highest BCUT2D eigenvalue weighted by Gasteiger charge is 2.03. The minimum atomic E-state index is 0.596. The molecule has 0 spiro atoms. The van der Waals surface area contributed by atoms with Gasteiger partial charge in [-0.1, -0.05) is 38.3 Å². The van der Waals surface area contributed by atoms with Crippen molar-refractivity contribution in [2.75, 3.05) is 19.6 Å². The highest BCUT2D eigenvalue weighted by atomic mass is 16.1. The van der Waals surface area contributed by atoms with E-state index in [1.807, 2.05) is 12.2 Å². The van der Waals surface area contributed by atoms with Gasteiger partial charge in [-0.3, -0.25) is 4.90 Å². The van der Waals surface area contributed by atoms with E-state index in [-0.39, 0.29) is 0 Å². The van der Waals surface area contributed by atoms with E-state index in [1.165, 1.54) is 0 Å². The zero-order chi connectivity index (χ0) is 11.5. The average Bonchev–Trinajstić information content (AvgIpc) is 2.25. The molecule has 0 atom stereocenters. The van der Waals surface area contributed by atoms with Crippen LogP contribution in [0.25, 0.3) is 0 Å². The standard InChI is InChI=1S/C13H21NO/c1-4-8-13(6-3)12-14(9-5-2)10-7-11-15/h4,6,8,11H,1,3,5,7,9-10,12H2,2H3/b13-8+. The van der Waals surface area contributed by atoms with E-state index in [0.29, 0.717) is 6.42 Å². The number of carbonyl (C=O) groups excluding carboxylic acids is 1. The summed E-state index contributed by atoms with van der Waals surface area (Å²) in [6.45, 7) is 12.2. The highest BCUT2D eigenvalue weighted by molar-refractivity contribution is 5.49. The van der Waals surface area contributed by atoms with Crippen molar-refractivity contribution in [2.24, 2.45) is 0 Å². The van der Waals surface area contributed by atoms with Gasteiger partial charge in [0.2, 0.25) is 0 Å². The maximum absolute atomic E-state index is 10.3. The summed E-state index contributed by atoms with van der Waals surface area (Å²) >= 11 is 0. The van der Waals surface area contributed by atoms with Gasteiger partial charge in [-0.15, -0.1) is 0 Å². The summed E-state index contributed by atoms with van der Waals surface area (Å²) in [6.07, 6.45) is 8.21. The molecule has 0 unspecified atom stereocenters. The van der Waals surface area contributed by atoms with Crippen LogP contribution in [0.4, 0.5) is 0 Å². The maximum atomic E-state index is 10.3. The normalized spacial score (nSPS) is 11.5. The molecular weight excluding hydrogens is 186 g/mol. The molecule has 0 heterocycles. The van der Waals surface area contributed by atoms with E-state index in [0.717, 1.165) is 37.9 Å². The molecule has 84 valence electrons. The van der Waals surface area contributed by atoms with Gasteiger partial charge in [0.1, 0.15) is 6.29 Å². The zero-order valence-corrected chi connectivity index (χ0v) is 9.61. The number of carbonyl (C=O) groups is 1. The number of hydrogen-bond donors (Lipinski definition) is 0. The largest absolute Gasteiger partial charge is 0.303 e. The van der Waals surface area contributed by atoms with E-state index in [4.69, 9.17) is 0 Å². The first-order valence-corrected chi connectivity index (χ1v) is 5.38. The lowest BCUT2D eigenvalue weighted by atomic mass is 10.2. The van der Waals surface area contributed by atoms with E-state index < -0.39 is 0 Å². The van der Waals surface area contributed by atoms with Crippen molar-refractivity contribution in [3.8, 4) is 0 Å². The predicted molar refractivity (Wildman–Crippen MR) is 65.9 cm³/mol. The number of rotatable bonds is 9. The minimum absolute atomic E-state index is 0.596. The van der Waals surface area contributed by atoms with Crippen LogP contribution in [0.3, 0.4) is 0 Å². The summed E-state index contributed by atoms with van der Waals surface area (Å²) in [4.78, 5) is 12.6. The molecule has 0 aromatic rings. The molecule has 0 saturated carbocycles. The van der Waals surface area contributed by atoms with E-state index in [9.17, 15) is 4.79 Å². The molecule has 0 radical (unpaired) electrons. The summed E-state index contributed by atoms with van der Waals surface area (Å²) in [6, 6.07) is 0. The van der Waals surface area contributed by atoms with Crippen LogP contribution < -0.4 is 0 Å². The Kier molecular flexibility index (Phi) is 8.69. The summed E-state index contributed by atoms with van der Waals surface area (Å²) in [7, 11) is 0. The topological polar surface area (TPSA) is 20.3 Å². The quantitative estimate of drug-likeness (QED) is 0.428. The third kappa shape index (κ3) is 6.86. The summed E-state index contributed by atoms with van der Waals surface area (Å²) in [5, 5.41) is 0. The minimum Gasteiger partial charge on any atom is -0.303 e. The number of allylic oxidation sites excluding steroid dienone is 2. The third-order valence-corrected chi connectivity index (χ3v) is 2.10. The molecular formula is C13H21NO. The fourth-order valence-corrected chi connectivity index (χ4v) is 1.42. The van der Waals surface area contributed by atoms with Crippen molar-refractivity contribution < 1.29 is 4.79 Å². The number of aldehydes is 1. The second-order valence-corrected chi connectivity index (χ2v) is 3.41. The Morgan fingerprint density at radius 1 is 1.33 bits per heavy atom. The highest BCUT2D eigenvalue weighted by Crippen LogP contribution is 2.02. The van der Waals surface area contributed by atoms with Crippen molar-refractivity contribution in [3.63, 3.8) is 0 Å². The number of hydrogen-bond acceptors (Lipinski definition) is 2.